The number of rotatable bonds is 3. The number of carbonyl (C=O) groups excluding carboxylic acids is 1. The number of carbonyl (C=O) groups is 1. The highest BCUT2D eigenvalue weighted by molar-refractivity contribution is 7.89. The zero-order chi connectivity index (χ0) is 18.5. The average molecular weight is 393 g/mol. The van der Waals surface area contributed by atoms with Crippen LogP contribution in [0.15, 0.2) is 28.7 Å². The smallest absolute Gasteiger partial charge is 0.270 e. The summed E-state index contributed by atoms with van der Waals surface area (Å²) in [5.41, 5.74) is 1.49. The first-order chi connectivity index (χ1) is 12.4. The predicted octanol–water partition coefficient (Wildman–Crippen LogP) is 1.42. The van der Waals surface area contributed by atoms with Gasteiger partial charge in [-0.05, 0) is 24.4 Å². The molecule has 1 aliphatic rings. The molecule has 3 aromatic heterocycles. The first kappa shape index (κ1) is 17.3. The van der Waals surface area contributed by atoms with Crippen LogP contribution in [0, 0.1) is 6.92 Å². The largest absolute Gasteiger partial charge is 0.350 e. The number of amides is 1. The van der Waals surface area contributed by atoms with E-state index in [2.05, 4.69) is 9.97 Å². The molecule has 0 bridgehead atoms. The van der Waals surface area contributed by atoms with E-state index < -0.39 is 10.0 Å². The highest BCUT2D eigenvalue weighted by atomic mass is 32.2. The first-order valence-electron chi connectivity index (χ1n) is 8.22. The van der Waals surface area contributed by atoms with Crippen LogP contribution in [0.4, 0.5) is 0 Å². The second-order valence-corrected chi connectivity index (χ2v) is 9.15. The molecule has 0 atom stereocenters. The van der Waals surface area contributed by atoms with Gasteiger partial charge in [0.25, 0.3) is 15.9 Å². The van der Waals surface area contributed by atoms with E-state index in [0.29, 0.717) is 24.6 Å². The summed E-state index contributed by atoms with van der Waals surface area (Å²) in [7, 11) is -1.87. The van der Waals surface area contributed by atoms with Crippen LogP contribution in [0.5, 0.6) is 0 Å². The van der Waals surface area contributed by atoms with Gasteiger partial charge in [-0.15, -0.1) is 11.3 Å². The summed E-state index contributed by atoms with van der Waals surface area (Å²) >= 11 is 1.58. The molecule has 8 nitrogen and oxygen atoms in total. The van der Waals surface area contributed by atoms with Gasteiger partial charge in [0.1, 0.15) is 11.5 Å². The molecule has 0 aliphatic carbocycles. The van der Waals surface area contributed by atoms with Crippen molar-refractivity contribution in [2.45, 2.75) is 11.9 Å². The van der Waals surface area contributed by atoms with E-state index in [0.717, 1.165) is 10.2 Å². The van der Waals surface area contributed by atoms with Gasteiger partial charge in [0.15, 0.2) is 5.03 Å². The number of nitrogens with zero attached hydrogens (tertiary/aromatic N) is 4. The normalized spacial score (nSPS) is 16.5. The number of hydrogen-bond donors (Lipinski definition) is 1. The van der Waals surface area contributed by atoms with E-state index in [1.807, 2.05) is 17.5 Å². The van der Waals surface area contributed by atoms with Crippen LogP contribution in [-0.2, 0) is 17.1 Å². The molecule has 0 unspecified atom stereocenters. The quantitative estimate of drug-likeness (QED) is 0.728. The van der Waals surface area contributed by atoms with Crippen molar-refractivity contribution in [3.8, 4) is 0 Å². The number of sulfonamides is 1. The van der Waals surface area contributed by atoms with Crippen molar-refractivity contribution >= 4 is 37.5 Å². The van der Waals surface area contributed by atoms with Crippen LogP contribution >= 0.6 is 11.3 Å². The summed E-state index contributed by atoms with van der Waals surface area (Å²) in [6.45, 7) is 3.00. The minimum atomic E-state index is -3.63. The molecule has 0 spiro atoms. The van der Waals surface area contributed by atoms with Crippen molar-refractivity contribution in [2.24, 2.45) is 7.05 Å². The molecule has 1 saturated heterocycles. The van der Waals surface area contributed by atoms with Gasteiger partial charge < -0.3 is 14.5 Å². The fraction of sp³-hybridized carbons (Fsp3) is 0.375. The molecule has 4 rings (SSSR count). The summed E-state index contributed by atoms with van der Waals surface area (Å²) in [6.07, 6.45) is 1.52. The number of thiophene rings is 1. The Hall–Kier alpha value is -2.17. The number of nitrogens with one attached hydrogen (secondary N) is 1. The van der Waals surface area contributed by atoms with Crippen LogP contribution in [0.3, 0.4) is 0 Å². The Balaban J connectivity index is 1.46. The molecule has 10 heteroatoms. The second kappa shape index (κ2) is 6.22. The van der Waals surface area contributed by atoms with E-state index >= 15 is 0 Å². The van der Waals surface area contributed by atoms with E-state index in [1.54, 1.807) is 34.8 Å². The average Bonchev–Trinajstić information content (AvgIpc) is 3.30. The van der Waals surface area contributed by atoms with Crippen LogP contribution in [0.25, 0.3) is 10.2 Å². The second-order valence-electron chi connectivity index (χ2n) is 6.32. The number of aromatic amines is 1. The Bertz CT molecular complexity index is 1020. The Morgan fingerprint density at radius 3 is 2.62 bits per heavy atom. The third-order valence-electron chi connectivity index (χ3n) is 4.69. The molecule has 4 heterocycles. The van der Waals surface area contributed by atoms with Gasteiger partial charge in [-0.25, -0.2) is 13.4 Å². The monoisotopic (exact) mass is 393 g/mol. The summed E-state index contributed by atoms with van der Waals surface area (Å²) in [5, 5.41) is 2.03. The Labute approximate surface area is 155 Å². The molecule has 1 amide bonds. The molecular weight excluding hydrogens is 374 g/mol. The Morgan fingerprint density at radius 1 is 1.27 bits per heavy atom. The Morgan fingerprint density at radius 2 is 2.00 bits per heavy atom. The van der Waals surface area contributed by atoms with E-state index in [1.165, 1.54) is 10.5 Å². The van der Waals surface area contributed by atoms with E-state index in [-0.39, 0.29) is 24.0 Å². The number of piperazine rings is 1. The number of fused-ring (bicyclic) bond motifs is 1. The van der Waals surface area contributed by atoms with Crippen molar-refractivity contribution in [3.05, 3.63) is 35.2 Å². The van der Waals surface area contributed by atoms with Gasteiger partial charge >= 0.3 is 0 Å². The van der Waals surface area contributed by atoms with Crippen molar-refractivity contribution < 1.29 is 13.2 Å². The molecular formula is C16H19N5O3S2. The highest BCUT2D eigenvalue weighted by Crippen LogP contribution is 2.23. The third kappa shape index (κ3) is 2.83. The predicted molar refractivity (Wildman–Crippen MR) is 98.8 cm³/mol. The zero-order valence-corrected chi connectivity index (χ0v) is 16.1. The van der Waals surface area contributed by atoms with Gasteiger partial charge in [0.2, 0.25) is 0 Å². The maximum Gasteiger partial charge on any atom is 0.270 e. The lowest BCUT2D eigenvalue weighted by Crippen LogP contribution is -2.50. The minimum absolute atomic E-state index is 0.0573. The molecule has 0 saturated carbocycles. The summed E-state index contributed by atoms with van der Waals surface area (Å²) in [6, 6.07) is 3.79. The number of aromatic nitrogens is 3. The van der Waals surface area contributed by atoms with E-state index in [9.17, 15) is 13.2 Å². The molecule has 1 N–H and O–H groups in total. The zero-order valence-electron chi connectivity index (χ0n) is 14.5. The molecule has 1 fully saturated rings. The fourth-order valence-electron chi connectivity index (χ4n) is 3.05. The standard InChI is InChI=1S/C16H19N5O3S2/c1-11-17-15(10-19(11)2)26(23,24)21-6-4-20(5-7-21)16(22)13-9-14-12(18-13)3-8-25-14/h3,8-10,18H,4-7H2,1-2H3. The Kier molecular flexibility index (Phi) is 4.13. The third-order valence-corrected chi connectivity index (χ3v) is 7.32. The number of hydrogen-bond acceptors (Lipinski definition) is 5. The van der Waals surface area contributed by atoms with Gasteiger partial charge in [-0.3, -0.25) is 4.79 Å². The SMILES string of the molecule is Cc1nc(S(=O)(=O)N2CCN(C(=O)c3cc4sccc4[nH]3)CC2)cn1C. The first-order valence-corrected chi connectivity index (χ1v) is 10.5. The van der Waals surface area contributed by atoms with Crippen LogP contribution in [-0.4, -0.2) is 64.2 Å². The summed E-state index contributed by atoms with van der Waals surface area (Å²) < 4.78 is 29.6. The fourth-order valence-corrected chi connectivity index (χ4v) is 5.28. The highest BCUT2D eigenvalue weighted by Gasteiger charge is 2.32. The molecule has 1 aliphatic heterocycles. The molecule has 0 aromatic carbocycles. The van der Waals surface area contributed by atoms with Crippen molar-refractivity contribution in [1.29, 1.82) is 0 Å². The summed E-state index contributed by atoms with van der Waals surface area (Å²) in [5.74, 6) is 0.545. The lowest BCUT2D eigenvalue weighted by Gasteiger charge is -2.33. The van der Waals surface area contributed by atoms with Crippen molar-refractivity contribution in [3.63, 3.8) is 0 Å². The van der Waals surface area contributed by atoms with Crippen LogP contribution < -0.4 is 0 Å². The van der Waals surface area contributed by atoms with Crippen LogP contribution in [0.1, 0.15) is 16.3 Å². The van der Waals surface area contributed by atoms with Crippen molar-refractivity contribution in [2.75, 3.05) is 26.2 Å². The van der Waals surface area contributed by atoms with Gasteiger partial charge in [-0.1, -0.05) is 0 Å². The number of aryl methyl sites for hydroxylation is 2. The number of imidazole rings is 1. The number of H-pyrrole nitrogens is 1. The molecule has 26 heavy (non-hydrogen) atoms. The summed E-state index contributed by atoms with van der Waals surface area (Å²) in [4.78, 5) is 21.6. The van der Waals surface area contributed by atoms with E-state index in [4.69, 9.17) is 0 Å². The maximum absolute atomic E-state index is 12.7. The van der Waals surface area contributed by atoms with Gasteiger partial charge in [0.05, 0.1) is 10.2 Å². The van der Waals surface area contributed by atoms with Gasteiger partial charge in [0, 0.05) is 39.4 Å². The molecule has 138 valence electrons. The lowest BCUT2D eigenvalue weighted by atomic mass is 10.3. The van der Waals surface area contributed by atoms with Crippen LogP contribution in [0.2, 0.25) is 0 Å². The minimum Gasteiger partial charge on any atom is -0.350 e. The van der Waals surface area contributed by atoms with Crippen molar-refractivity contribution in [1.82, 2.24) is 23.7 Å². The lowest BCUT2D eigenvalue weighted by molar-refractivity contribution is 0.0693. The molecule has 0 radical (unpaired) electrons. The maximum atomic E-state index is 12.7. The topological polar surface area (TPSA) is 91.3 Å². The van der Waals surface area contributed by atoms with Gasteiger partial charge in [-0.2, -0.15) is 4.31 Å². The molecule has 3 aromatic rings.